The maximum Gasteiger partial charge on any atom is 0.0705 e. The fourth-order valence-corrected chi connectivity index (χ4v) is 2.69. The van der Waals surface area contributed by atoms with E-state index in [1.54, 1.807) is 11.8 Å². The van der Waals surface area contributed by atoms with Crippen molar-refractivity contribution < 1.29 is 0 Å². The van der Waals surface area contributed by atoms with Gasteiger partial charge in [-0.3, -0.25) is 0 Å². The molecule has 2 rings (SSSR count). The van der Waals surface area contributed by atoms with Crippen molar-refractivity contribution >= 4 is 45.0 Å². The summed E-state index contributed by atoms with van der Waals surface area (Å²) in [6, 6.07) is 3.99. The van der Waals surface area contributed by atoms with Gasteiger partial charge in [-0.1, -0.05) is 11.6 Å². The Balaban J connectivity index is 2.62. The summed E-state index contributed by atoms with van der Waals surface area (Å²) >= 11 is 11.1. The first kappa shape index (κ1) is 7.77. The Morgan fingerprint density at radius 3 is 3.18 bits per heavy atom. The summed E-state index contributed by atoms with van der Waals surface area (Å²) < 4.78 is 0.967. The van der Waals surface area contributed by atoms with Crippen molar-refractivity contribution in [3.8, 4) is 0 Å². The molecule has 1 aromatic carbocycles. The molecule has 1 aliphatic rings. The van der Waals surface area contributed by atoms with Gasteiger partial charge in [0.25, 0.3) is 0 Å². The number of anilines is 1. The minimum absolute atomic E-state index is 0.817. The quantitative estimate of drug-likeness (QED) is 0.755. The van der Waals surface area contributed by atoms with Crippen LogP contribution in [0.2, 0.25) is 5.02 Å². The third kappa shape index (κ3) is 1.25. The second-order valence-corrected chi connectivity index (χ2v) is 4.42. The topological polar surface area (TPSA) is 12.0 Å². The number of hydrogen-bond acceptors (Lipinski definition) is 2. The Morgan fingerprint density at radius 2 is 2.36 bits per heavy atom. The van der Waals surface area contributed by atoms with Gasteiger partial charge in [0.1, 0.15) is 0 Å². The van der Waals surface area contributed by atoms with Crippen LogP contribution in [0.25, 0.3) is 0 Å². The molecule has 0 saturated heterocycles. The molecule has 0 atom stereocenters. The lowest BCUT2D eigenvalue weighted by Crippen LogP contribution is -1.87. The fraction of sp³-hybridized carbons (Fsp3) is 0.143. The van der Waals surface area contributed by atoms with Crippen LogP contribution in [0.3, 0.4) is 0 Å². The van der Waals surface area contributed by atoms with Crippen LogP contribution < -0.4 is 5.32 Å². The smallest absolute Gasteiger partial charge is 0.0705 e. The van der Waals surface area contributed by atoms with Crippen LogP contribution in [0.15, 0.2) is 21.5 Å². The van der Waals surface area contributed by atoms with E-state index in [1.807, 2.05) is 12.1 Å². The standard InChI is InChI=1S/C7H5BrClNS/c8-4-1-2-5-7(6(4)9)11-3-10-5/h1-2,10H,3H2. The van der Waals surface area contributed by atoms with Crippen molar-refractivity contribution in [2.45, 2.75) is 4.90 Å². The van der Waals surface area contributed by atoms with Crippen molar-refractivity contribution in [3.63, 3.8) is 0 Å². The van der Waals surface area contributed by atoms with Gasteiger partial charge >= 0.3 is 0 Å². The third-order valence-corrected chi connectivity index (χ3v) is 3.92. The summed E-state index contributed by atoms with van der Waals surface area (Å²) in [6.07, 6.45) is 0. The number of benzene rings is 1. The molecule has 4 heteroatoms. The summed E-state index contributed by atoms with van der Waals surface area (Å²) in [4.78, 5) is 1.15. The Morgan fingerprint density at radius 1 is 1.55 bits per heavy atom. The molecule has 1 aliphatic heterocycles. The molecular weight excluding hydrogens is 246 g/mol. The zero-order valence-corrected chi connectivity index (χ0v) is 8.68. The Kier molecular flexibility index (Phi) is 2.04. The largest absolute Gasteiger partial charge is 0.375 e. The van der Waals surface area contributed by atoms with E-state index in [-0.39, 0.29) is 0 Å². The van der Waals surface area contributed by atoms with E-state index < -0.39 is 0 Å². The summed E-state index contributed by atoms with van der Waals surface area (Å²) in [5, 5.41) is 4.04. The van der Waals surface area contributed by atoms with Gasteiger partial charge in [-0.25, -0.2) is 0 Å². The lowest BCUT2D eigenvalue weighted by Gasteiger charge is -2.01. The zero-order chi connectivity index (χ0) is 7.84. The third-order valence-electron chi connectivity index (χ3n) is 1.53. The van der Waals surface area contributed by atoms with E-state index in [2.05, 4.69) is 21.2 Å². The normalized spacial score (nSPS) is 14.4. The van der Waals surface area contributed by atoms with Crippen LogP contribution >= 0.6 is 39.3 Å². The Bertz CT molecular complexity index is 303. The molecule has 0 radical (unpaired) electrons. The van der Waals surface area contributed by atoms with Crippen molar-refractivity contribution in [1.29, 1.82) is 0 Å². The van der Waals surface area contributed by atoms with E-state index in [9.17, 15) is 0 Å². The summed E-state index contributed by atoms with van der Waals surface area (Å²) in [5.41, 5.74) is 1.14. The monoisotopic (exact) mass is 249 g/mol. The molecule has 1 aromatic rings. The van der Waals surface area contributed by atoms with Gasteiger partial charge in [-0.2, -0.15) is 0 Å². The van der Waals surface area contributed by atoms with Gasteiger partial charge in [-0.15, -0.1) is 11.8 Å². The number of halogens is 2. The zero-order valence-electron chi connectivity index (χ0n) is 5.53. The van der Waals surface area contributed by atoms with Gasteiger partial charge in [-0.05, 0) is 28.1 Å². The molecule has 1 nitrogen and oxygen atoms in total. The van der Waals surface area contributed by atoms with Gasteiger partial charge in [0, 0.05) is 4.47 Å². The van der Waals surface area contributed by atoms with Crippen LogP contribution in [-0.2, 0) is 0 Å². The second-order valence-electron chi connectivity index (χ2n) is 2.20. The highest BCUT2D eigenvalue weighted by Crippen LogP contribution is 2.42. The number of nitrogens with one attached hydrogen (secondary N) is 1. The maximum atomic E-state index is 6.03. The average molecular weight is 251 g/mol. The van der Waals surface area contributed by atoms with Crippen LogP contribution in [0.4, 0.5) is 5.69 Å². The molecule has 11 heavy (non-hydrogen) atoms. The first-order chi connectivity index (χ1) is 5.29. The van der Waals surface area contributed by atoms with Crippen LogP contribution in [0.1, 0.15) is 0 Å². The highest BCUT2D eigenvalue weighted by molar-refractivity contribution is 9.10. The molecule has 0 unspecified atom stereocenters. The molecule has 0 bridgehead atoms. The number of hydrogen-bond donors (Lipinski definition) is 1. The van der Waals surface area contributed by atoms with E-state index >= 15 is 0 Å². The van der Waals surface area contributed by atoms with Gasteiger partial charge < -0.3 is 5.32 Å². The number of rotatable bonds is 0. The van der Waals surface area contributed by atoms with Crippen molar-refractivity contribution in [2.24, 2.45) is 0 Å². The van der Waals surface area contributed by atoms with Gasteiger partial charge in [0.05, 0.1) is 21.5 Å². The summed E-state index contributed by atoms with van der Waals surface area (Å²) in [7, 11) is 0. The van der Waals surface area contributed by atoms with Crippen molar-refractivity contribution in [1.82, 2.24) is 0 Å². The molecular formula is C7H5BrClNS. The van der Waals surface area contributed by atoms with Gasteiger partial charge in [0.15, 0.2) is 0 Å². The van der Waals surface area contributed by atoms with Crippen molar-refractivity contribution in [2.75, 3.05) is 11.2 Å². The van der Waals surface area contributed by atoms with Crippen LogP contribution in [0, 0.1) is 0 Å². The number of thioether (sulfide) groups is 1. The lowest BCUT2D eigenvalue weighted by molar-refractivity contribution is 1.41. The molecule has 0 spiro atoms. The molecule has 0 aromatic heterocycles. The minimum Gasteiger partial charge on any atom is -0.375 e. The van der Waals surface area contributed by atoms with E-state index in [0.717, 1.165) is 26.0 Å². The molecule has 0 fully saturated rings. The Hall–Kier alpha value is 0.140. The SMILES string of the molecule is Clc1c(Br)ccc2c1SCN2. The maximum absolute atomic E-state index is 6.03. The Labute approximate surface area is 82.6 Å². The summed E-state index contributed by atoms with van der Waals surface area (Å²) in [6.45, 7) is 0. The van der Waals surface area contributed by atoms with E-state index in [4.69, 9.17) is 11.6 Å². The fourth-order valence-electron chi connectivity index (χ4n) is 0.998. The second kappa shape index (κ2) is 2.88. The van der Waals surface area contributed by atoms with E-state index in [1.165, 1.54) is 0 Å². The van der Waals surface area contributed by atoms with Gasteiger partial charge in [0.2, 0.25) is 0 Å². The first-order valence-electron chi connectivity index (χ1n) is 3.14. The molecule has 1 heterocycles. The molecule has 0 saturated carbocycles. The predicted octanol–water partition coefficient (Wildman–Crippen LogP) is 3.58. The highest BCUT2D eigenvalue weighted by atomic mass is 79.9. The average Bonchev–Trinajstić information content (AvgIpc) is 2.45. The highest BCUT2D eigenvalue weighted by Gasteiger charge is 2.15. The number of fused-ring (bicyclic) bond motifs is 1. The summed E-state index contributed by atoms with van der Waals surface area (Å²) in [5.74, 6) is 0.922. The van der Waals surface area contributed by atoms with Crippen LogP contribution in [0.5, 0.6) is 0 Å². The minimum atomic E-state index is 0.817. The predicted molar refractivity (Wildman–Crippen MR) is 53.5 cm³/mol. The molecule has 0 amide bonds. The molecule has 1 N–H and O–H groups in total. The molecule has 58 valence electrons. The van der Waals surface area contributed by atoms with Crippen molar-refractivity contribution in [3.05, 3.63) is 21.6 Å². The first-order valence-corrected chi connectivity index (χ1v) is 5.29. The lowest BCUT2D eigenvalue weighted by atomic mass is 10.3. The van der Waals surface area contributed by atoms with E-state index in [0.29, 0.717) is 0 Å². The molecule has 0 aliphatic carbocycles. The van der Waals surface area contributed by atoms with Crippen LogP contribution in [-0.4, -0.2) is 5.88 Å².